The molecule has 0 aromatic heterocycles. The van der Waals surface area contributed by atoms with Crippen molar-refractivity contribution in [3.63, 3.8) is 0 Å². The number of allylic oxidation sites excluding steroid dienone is 2. The van der Waals surface area contributed by atoms with Crippen LogP contribution < -0.4 is 0 Å². The van der Waals surface area contributed by atoms with E-state index < -0.39 is 0 Å². The Morgan fingerprint density at radius 1 is 1.33 bits per heavy atom. The molecule has 1 aliphatic rings. The third-order valence-corrected chi connectivity index (χ3v) is 1.78. The van der Waals surface area contributed by atoms with Crippen molar-refractivity contribution in [2.24, 2.45) is 0 Å². The van der Waals surface area contributed by atoms with Crippen molar-refractivity contribution in [3.8, 4) is 0 Å². The van der Waals surface area contributed by atoms with Crippen molar-refractivity contribution < 1.29 is 5.11 Å². The first-order valence-electron chi connectivity index (χ1n) is 3.36. The minimum atomic E-state index is 1.01. The van der Waals surface area contributed by atoms with Gasteiger partial charge in [0.1, 0.15) is 0 Å². The maximum Gasteiger partial charge on any atom is 0.0826 e. The van der Waals surface area contributed by atoms with E-state index in [-0.39, 0.29) is 0 Å². The molecule has 1 heteroatoms. The van der Waals surface area contributed by atoms with Gasteiger partial charge in [-0.15, -0.1) is 0 Å². The van der Waals surface area contributed by atoms with Crippen LogP contribution in [0.1, 0.15) is 25.7 Å². The smallest absolute Gasteiger partial charge is 0.0826 e. The second-order valence-electron chi connectivity index (χ2n) is 2.46. The molecule has 0 bridgehead atoms. The van der Waals surface area contributed by atoms with Crippen molar-refractivity contribution in [3.05, 3.63) is 24.0 Å². The fraction of sp³-hybridized carbons (Fsp3) is 0.500. The molecule has 0 saturated heterocycles. The van der Waals surface area contributed by atoms with Crippen LogP contribution in [0.4, 0.5) is 0 Å². The van der Waals surface area contributed by atoms with Gasteiger partial charge in [0, 0.05) is 0 Å². The van der Waals surface area contributed by atoms with Crippen LogP contribution in [0.2, 0.25) is 0 Å². The van der Waals surface area contributed by atoms with Crippen LogP contribution in [0, 0.1) is 0 Å². The number of aliphatic hydroxyl groups is 1. The number of hydrogen-bond acceptors (Lipinski definition) is 1. The topological polar surface area (TPSA) is 20.2 Å². The first-order valence-corrected chi connectivity index (χ1v) is 3.36. The molecule has 0 aliphatic heterocycles. The predicted molar refractivity (Wildman–Crippen MR) is 38.3 cm³/mol. The largest absolute Gasteiger partial charge is 0.515 e. The van der Waals surface area contributed by atoms with Gasteiger partial charge in [-0.05, 0) is 36.8 Å². The molecule has 0 aromatic carbocycles. The quantitative estimate of drug-likeness (QED) is 0.492. The lowest BCUT2D eigenvalue weighted by Crippen LogP contribution is -1.96. The van der Waals surface area contributed by atoms with E-state index in [1.165, 1.54) is 19.1 Å². The Kier molecular flexibility index (Phi) is 1.93. The summed E-state index contributed by atoms with van der Waals surface area (Å²) in [6.07, 6.45) is 5.70. The van der Waals surface area contributed by atoms with Gasteiger partial charge in [-0.25, -0.2) is 0 Å². The van der Waals surface area contributed by atoms with E-state index in [1.807, 2.05) is 0 Å². The monoisotopic (exact) mass is 124 g/mol. The molecule has 0 amide bonds. The van der Waals surface area contributed by atoms with Gasteiger partial charge in [0.05, 0.1) is 6.26 Å². The van der Waals surface area contributed by atoms with Crippen LogP contribution in [0.25, 0.3) is 0 Å². The van der Waals surface area contributed by atoms with Crippen molar-refractivity contribution in [2.75, 3.05) is 0 Å². The lowest BCUT2D eigenvalue weighted by molar-refractivity contribution is 0.461. The summed E-state index contributed by atoms with van der Waals surface area (Å²) >= 11 is 0. The van der Waals surface area contributed by atoms with Crippen molar-refractivity contribution >= 4 is 0 Å². The fourth-order valence-corrected chi connectivity index (χ4v) is 1.15. The zero-order valence-corrected chi connectivity index (χ0v) is 5.56. The molecular formula is C8H12O. The molecule has 1 N–H and O–H groups in total. The van der Waals surface area contributed by atoms with Crippen molar-refractivity contribution in [2.45, 2.75) is 25.7 Å². The summed E-state index contributed by atoms with van der Waals surface area (Å²) in [5.74, 6) is 0. The average Bonchev–Trinajstić information content (AvgIpc) is 1.89. The van der Waals surface area contributed by atoms with E-state index in [0.717, 1.165) is 24.0 Å². The molecule has 0 unspecified atom stereocenters. The molecule has 0 atom stereocenters. The van der Waals surface area contributed by atoms with Gasteiger partial charge in [-0.2, -0.15) is 0 Å². The first kappa shape index (κ1) is 6.40. The van der Waals surface area contributed by atoms with E-state index in [2.05, 4.69) is 6.58 Å². The summed E-state index contributed by atoms with van der Waals surface area (Å²) in [5, 5.41) is 8.64. The summed E-state index contributed by atoms with van der Waals surface area (Å²) in [6.45, 7) is 3.84. The van der Waals surface area contributed by atoms with Gasteiger partial charge in [-0.1, -0.05) is 6.58 Å². The number of hydrogen-bond donors (Lipinski definition) is 1. The molecule has 1 fully saturated rings. The third-order valence-electron chi connectivity index (χ3n) is 1.78. The van der Waals surface area contributed by atoms with Crippen molar-refractivity contribution in [1.82, 2.24) is 0 Å². The molecule has 9 heavy (non-hydrogen) atoms. The Hall–Kier alpha value is -0.720. The van der Waals surface area contributed by atoms with Crippen LogP contribution in [-0.4, -0.2) is 5.11 Å². The summed E-state index contributed by atoms with van der Waals surface area (Å²) in [6, 6.07) is 0. The van der Waals surface area contributed by atoms with E-state index in [1.54, 1.807) is 0 Å². The molecule has 0 spiro atoms. The average molecular weight is 124 g/mol. The highest BCUT2D eigenvalue weighted by Gasteiger charge is 2.08. The lowest BCUT2D eigenvalue weighted by atomic mass is 9.92. The SMILES string of the molecule is C=C1CCCC/C1=C/O. The Labute approximate surface area is 55.7 Å². The van der Waals surface area contributed by atoms with Gasteiger partial charge in [0.25, 0.3) is 0 Å². The minimum absolute atomic E-state index is 1.01. The van der Waals surface area contributed by atoms with Crippen LogP contribution in [0.5, 0.6) is 0 Å². The highest BCUT2D eigenvalue weighted by Crippen LogP contribution is 2.26. The summed E-state index contributed by atoms with van der Waals surface area (Å²) in [7, 11) is 0. The molecule has 0 radical (unpaired) electrons. The highest BCUT2D eigenvalue weighted by molar-refractivity contribution is 5.28. The Bertz CT molecular complexity index is 145. The summed E-state index contributed by atoms with van der Waals surface area (Å²) in [5.41, 5.74) is 2.16. The van der Waals surface area contributed by atoms with Crippen LogP contribution in [0.15, 0.2) is 24.0 Å². The van der Waals surface area contributed by atoms with Gasteiger partial charge in [0.15, 0.2) is 0 Å². The minimum Gasteiger partial charge on any atom is -0.515 e. The van der Waals surface area contributed by atoms with E-state index in [0.29, 0.717) is 0 Å². The molecule has 1 aliphatic carbocycles. The molecular weight excluding hydrogens is 112 g/mol. The molecule has 1 rings (SSSR count). The van der Waals surface area contributed by atoms with Gasteiger partial charge >= 0.3 is 0 Å². The van der Waals surface area contributed by atoms with Crippen molar-refractivity contribution in [1.29, 1.82) is 0 Å². The zero-order valence-electron chi connectivity index (χ0n) is 5.56. The Balaban J connectivity index is 2.60. The Morgan fingerprint density at radius 3 is 2.44 bits per heavy atom. The number of rotatable bonds is 0. The first-order chi connectivity index (χ1) is 4.34. The predicted octanol–water partition coefficient (Wildman–Crippen LogP) is 2.56. The molecule has 50 valence electrons. The second kappa shape index (κ2) is 2.72. The van der Waals surface area contributed by atoms with Crippen LogP contribution in [0.3, 0.4) is 0 Å². The Morgan fingerprint density at radius 2 is 2.00 bits per heavy atom. The third kappa shape index (κ3) is 1.35. The molecule has 0 heterocycles. The van der Waals surface area contributed by atoms with Crippen LogP contribution >= 0.6 is 0 Å². The van der Waals surface area contributed by atoms with E-state index in [9.17, 15) is 0 Å². The highest BCUT2D eigenvalue weighted by atomic mass is 16.2. The summed E-state index contributed by atoms with van der Waals surface area (Å²) < 4.78 is 0. The fourth-order valence-electron chi connectivity index (χ4n) is 1.15. The lowest BCUT2D eigenvalue weighted by Gasteiger charge is -2.14. The van der Waals surface area contributed by atoms with Gasteiger partial charge in [-0.3, -0.25) is 0 Å². The summed E-state index contributed by atoms with van der Waals surface area (Å²) in [4.78, 5) is 0. The molecule has 1 saturated carbocycles. The van der Waals surface area contributed by atoms with Gasteiger partial charge in [0.2, 0.25) is 0 Å². The standard InChI is InChI=1S/C8H12O/c1-7-4-2-3-5-8(7)6-9/h6,9H,1-5H2/b8-6-. The van der Waals surface area contributed by atoms with E-state index >= 15 is 0 Å². The second-order valence-corrected chi connectivity index (χ2v) is 2.46. The van der Waals surface area contributed by atoms with Gasteiger partial charge < -0.3 is 5.11 Å². The zero-order chi connectivity index (χ0) is 6.69. The van der Waals surface area contributed by atoms with Crippen LogP contribution in [-0.2, 0) is 0 Å². The normalized spacial score (nSPS) is 24.9. The maximum absolute atomic E-state index is 8.64. The molecule has 1 nitrogen and oxygen atoms in total. The van der Waals surface area contributed by atoms with E-state index in [4.69, 9.17) is 5.11 Å². The maximum atomic E-state index is 8.64. The number of aliphatic hydroxyl groups excluding tert-OH is 1. The molecule has 0 aromatic rings.